The Kier molecular flexibility index (Phi) is 9.44. The van der Waals surface area contributed by atoms with Crippen molar-refractivity contribution in [3.8, 4) is 5.75 Å². The summed E-state index contributed by atoms with van der Waals surface area (Å²) in [5.41, 5.74) is 0.780. The van der Waals surface area contributed by atoms with E-state index in [1.54, 1.807) is 49.3 Å². The molecular formula is C27H34N4O5. The number of amides is 2. The molecule has 0 spiro atoms. The van der Waals surface area contributed by atoms with Gasteiger partial charge in [-0.1, -0.05) is 37.6 Å². The molecule has 3 aromatic rings. The van der Waals surface area contributed by atoms with Crippen molar-refractivity contribution in [2.24, 2.45) is 0 Å². The molecule has 0 bridgehead atoms. The van der Waals surface area contributed by atoms with Gasteiger partial charge in [0.25, 0.3) is 5.56 Å². The third-order valence-electron chi connectivity index (χ3n) is 5.87. The highest BCUT2D eigenvalue weighted by Gasteiger charge is 2.29. The Morgan fingerprint density at radius 3 is 2.56 bits per heavy atom. The molecule has 192 valence electrons. The predicted molar refractivity (Wildman–Crippen MR) is 139 cm³/mol. The number of aromatic nitrogens is 2. The summed E-state index contributed by atoms with van der Waals surface area (Å²) in [7, 11) is 1.54. The summed E-state index contributed by atoms with van der Waals surface area (Å²) in [5, 5.41) is 3.40. The maximum absolute atomic E-state index is 13.5. The molecule has 0 fully saturated rings. The van der Waals surface area contributed by atoms with Gasteiger partial charge in [-0.3, -0.25) is 19.1 Å². The number of carbonyl (C=O) groups is 2. The number of benzene rings is 2. The normalized spacial score (nSPS) is 11.7. The molecule has 9 heteroatoms. The number of methoxy groups -OCH3 is 1. The van der Waals surface area contributed by atoms with E-state index >= 15 is 0 Å². The minimum absolute atomic E-state index is 0.00480. The van der Waals surface area contributed by atoms with E-state index in [9.17, 15) is 14.4 Å². The number of esters is 1. The van der Waals surface area contributed by atoms with Crippen LogP contribution in [-0.4, -0.2) is 41.8 Å². The van der Waals surface area contributed by atoms with Crippen molar-refractivity contribution in [3.63, 3.8) is 0 Å². The van der Waals surface area contributed by atoms with Crippen LogP contribution in [0.3, 0.4) is 0 Å². The van der Waals surface area contributed by atoms with Gasteiger partial charge in [-0.05, 0) is 44.5 Å². The third-order valence-corrected chi connectivity index (χ3v) is 5.87. The summed E-state index contributed by atoms with van der Waals surface area (Å²) in [6.45, 7) is 6.43. The first-order chi connectivity index (χ1) is 17.4. The molecule has 0 aliphatic carbocycles. The zero-order valence-corrected chi connectivity index (χ0v) is 21.3. The lowest BCUT2D eigenvalue weighted by Crippen LogP contribution is -2.44. The molecule has 1 aromatic heterocycles. The van der Waals surface area contributed by atoms with E-state index in [2.05, 4.69) is 5.32 Å². The highest BCUT2D eigenvalue weighted by Crippen LogP contribution is 2.34. The number of nitrogens with one attached hydrogen (secondary N) is 1. The Bertz CT molecular complexity index is 1260. The van der Waals surface area contributed by atoms with Crippen LogP contribution in [0.15, 0.2) is 53.3 Å². The fourth-order valence-corrected chi connectivity index (χ4v) is 4.05. The standard InChI is InChI=1S/C27H34N4O5/c1-5-7-17-28-27(34)31(22-14-10-11-15-23(22)35-4)19(3)25-29-21-13-9-8-12-20(21)26(33)30(25)18-16-24(32)36-6-2/h8-15,19H,5-7,16-18H2,1-4H3,(H,28,34). The van der Waals surface area contributed by atoms with Crippen molar-refractivity contribution in [2.75, 3.05) is 25.2 Å². The van der Waals surface area contributed by atoms with Gasteiger partial charge in [0.2, 0.25) is 0 Å². The van der Waals surface area contributed by atoms with Gasteiger partial charge in [-0.15, -0.1) is 0 Å². The lowest BCUT2D eigenvalue weighted by atomic mass is 10.1. The topological polar surface area (TPSA) is 103 Å². The van der Waals surface area contributed by atoms with Crippen LogP contribution < -0.4 is 20.5 Å². The van der Waals surface area contributed by atoms with Crippen molar-refractivity contribution < 1.29 is 19.1 Å². The van der Waals surface area contributed by atoms with Gasteiger partial charge < -0.3 is 14.8 Å². The van der Waals surface area contributed by atoms with Gasteiger partial charge in [-0.25, -0.2) is 9.78 Å². The summed E-state index contributed by atoms with van der Waals surface area (Å²) in [6, 6.07) is 13.2. The second kappa shape index (κ2) is 12.7. The monoisotopic (exact) mass is 494 g/mol. The van der Waals surface area contributed by atoms with Gasteiger partial charge >= 0.3 is 12.0 Å². The molecule has 0 aliphatic rings. The average molecular weight is 495 g/mol. The van der Waals surface area contributed by atoms with E-state index in [4.69, 9.17) is 14.5 Å². The summed E-state index contributed by atoms with van der Waals surface area (Å²) in [6.07, 6.45) is 1.77. The molecule has 9 nitrogen and oxygen atoms in total. The van der Waals surface area contributed by atoms with Crippen LogP contribution >= 0.6 is 0 Å². The Morgan fingerprint density at radius 2 is 1.83 bits per heavy atom. The summed E-state index contributed by atoms with van der Waals surface area (Å²) < 4.78 is 12.1. The summed E-state index contributed by atoms with van der Waals surface area (Å²) in [4.78, 5) is 45.5. The van der Waals surface area contributed by atoms with Gasteiger partial charge in [0.1, 0.15) is 11.6 Å². The number of urea groups is 1. The van der Waals surface area contributed by atoms with Crippen molar-refractivity contribution >= 4 is 28.6 Å². The maximum Gasteiger partial charge on any atom is 0.322 e. The molecule has 0 saturated heterocycles. The van der Waals surface area contributed by atoms with E-state index in [1.807, 2.05) is 32.0 Å². The number of nitrogens with zero attached hydrogens (tertiary/aromatic N) is 3. The Morgan fingerprint density at radius 1 is 1.11 bits per heavy atom. The summed E-state index contributed by atoms with van der Waals surface area (Å²) in [5.74, 6) is 0.464. The molecule has 0 aliphatic heterocycles. The van der Waals surface area contributed by atoms with Gasteiger partial charge in [0.05, 0.1) is 42.8 Å². The molecule has 1 heterocycles. The minimum atomic E-state index is -0.664. The van der Waals surface area contributed by atoms with E-state index < -0.39 is 12.0 Å². The van der Waals surface area contributed by atoms with Gasteiger partial charge in [-0.2, -0.15) is 0 Å². The smallest absolute Gasteiger partial charge is 0.322 e. The predicted octanol–water partition coefficient (Wildman–Crippen LogP) is 4.44. The molecule has 0 saturated carbocycles. The van der Waals surface area contributed by atoms with Crippen LogP contribution in [0.5, 0.6) is 5.75 Å². The molecule has 0 radical (unpaired) electrons. The molecule has 3 rings (SSSR count). The van der Waals surface area contributed by atoms with Crippen molar-refractivity contribution in [3.05, 3.63) is 64.7 Å². The third kappa shape index (κ3) is 6.02. The Labute approximate surface area is 211 Å². The zero-order chi connectivity index (χ0) is 26.1. The van der Waals surface area contributed by atoms with Crippen LogP contribution in [0.25, 0.3) is 10.9 Å². The largest absolute Gasteiger partial charge is 0.495 e. The number of fused-ring (bicyclic) bond motifs is 1. The fourth-order valence-electron chi connectivity index (χ4n) is 4.05. The van der Waals surface area contributed by atoms with E-state index in [1.165, 1.54) is 4.57 Å². The number of rotatable bonds is 11. The highest BCUT2D eigenvalue weighted by molar-refractivity contribution is 5.94. The minimum Gasteiger partial charge on any atom is -0.495 e. The van der Waals surface area contributed by atoms with Gasteiger partial charge in [0, 0.05) is 13.1 Å². The molecule has 1 unspecified atom stereocenters. The first-order valence-corrected chi connectivity index (χ1v) is 12.3. The first-order valence-electron chi connectivity index (χ1n) is 12.3. The van der Waals surface area contributed by atoms with Crippen LogP contribution in [0.1, 0.15) is 51.9 Å². The second-order valence-electron chi connectivity index (χ2n) is 8.30. The quantitative estimate of drug-likeness (QED) is 0.312. The number of hydrogen-bond donors (Lipinski definition) is 1. The molecule has 2 amide bonds. The average Bonchev–Trinajstić information content (AvgIpc) is 2.88. The van der Waals surface area contributed by atoms with E-state index in [0.29, 0.717) is 34.7 Å². The van der Waals surface area contributed by atoms with Crippen molar-refractivity contribution in [1.29, 1.82) is 0 Å². The first kappa shape index (κ1) is 26.7. The molecule has 36 heavy (non-hydrogen) atoms. The van der Waals surface area contributed by atoms with Crippen LogP contribution in [0.2, 0.25) is 0 Å². The maximum atomic E-state index is 13.5. The summed E-state index contributed by atoms with van der Waals surface area (Å²) >= 11 is 0. The molecule has 2 aromatic carbocycles. The number of carbonyl (C=O) groups excluding carboxylic acids is 2. The SMILES string of the molecule is CCCCNC(=O)N(c1ccccc1OC)C(C)c1nc2ccccc2c(=O)n1CCC(=O)OCC. The number of ether oxygens (including phenoxy) is 2. The van der Waals surface area contributed by atoms with Crippen LogP contribution in [0, 0.1) is 0 Å². The second-order valence-corrected chi connectivity index (χ2v) is 8.30. The number of para-hydroxylation sites is 3. The Balaban J connectivity index is 2.14. The number of hydrogen-bond acceptors (Lipinski definition) is 6. The molecule has 1 N–H and O–H groups in total. The van der Waals surface area contributed by atoms with E-state index in [0.717, 1.165) is 12.8 Å². The number of unbranched alkanes of at least 4 members (excludes halogenated alkanes) is 1. The van der Waals surface area contributed by atoms with Crippen molar-refractivity contribution in [1.82, 2.24) is 14.9 Å². The van der Waals surface area contributed by atoms with E-state index in [-0.39, 0.29) is 31.2 Å². The molecular weight excluding hydrogens is 460 g/mol. The van der Waals surface area contributed by atoms with Crippen LogP contribution in [0.4, 0.5) is 10.5 Å². The highest BCUT2D eigenvalue weighted by atomic mass is 16.5. The zero-order valence-electron chi connectivity index (χ0n) is 21.3. The lowest BCUT2D eigenvalue weighted by molar-refractivity contribution is -0.143. The fraction of sp³-hybridized carbons (Fsp3) is 0.407. The van der Waals surface area contributed by atoms with Gasteiger partial charge in [0.15, 0.2) is 0 Å². The van der Waals surface area contributed by atoms with Crippen molar-refractivity contribution in [2.45, 2.75) is 52.6 Å². The van der Waals surface area contributed by atoms with Crippen LogP contribution in [-0.2, 0) is 16.1 Å². The number of anilines is 1. The molecule has 1 atom stereocenters. The Hall–Kier alpha value is -3.88. The lowest BCUT2D eigenvalue weighted by Gasteiger charge is -2.31.